The van der Waals surface area contributed by atoms with Crippen LogP contribution in [-0.4, -0.2) is 11.8 Å². The van der Waals surface area contributed by atoms with Crippen molar-refractivity contribution in [3.05, 3.63) is 35.9 Å². The summed E-state index contributed by atoms with van der Waals surface area (Å²) in [6.45, 7) is 5.60. The predicted molar refractivity (Wildman–Crippen MR) is 81.2 cm³/mol. The Morgan fingerprint density at radius 2 is 1.68 bits per heavy atom. The molecule has 1 aromatic carbocycles. The summed E-state index contributed by atoms with van der Waals surface area (Å²) in [7, 11) is 0. The summed E-state index contributed by atoms with van der Waals surface area (Å²) in [5.74, 6) is -2.31. The summed E-state index contributed by atoms with van der Waals surface area (Å²) in [5, 5.41) is 20.4. The van der Waals surface area contributed by atoms with Crippen molar-refractivity contribution in [1.82, 2.24) is 5.32 Å². The van der Waals surface area contributed by atoms with Crippen molar-refractivity contribution in [2.45, 2.75) is 27.2 Å². The van der Waals surface area contributed by atoms with E-state index in [-0.39, 0.29) is 6.42 Å². The minimum atomic E-state index is -0.891. The van der Waals surface area contributed by atoms with Gasteiger partial charge in [-0.25, -0.2) is 0 Å². The van der Waals surface area contributed by atoms with E-state index in [1.807, 2.05) is 32.9 Å². The van der Waals surface area contributed by atoms with Gasteiger partial charge in [0.05, 0.1) is 12.1 Å². The molecule has 0 aliphatic carbocycles. The molecular weight excluding hydrogens is 278 g/mol. The molecule has 0 aliphatic heterocycles. The van der Waals surface area contributed by atoms with Gasteiger partial charge in [0, 0.05) is 17.9 Å². The molecule has 1 N–H and O–H groups in total. The normalized spacial score (nSPS) is 12.1. The molecule has 0 spiro atoms. The highest BCUT2D eigenvalue weighted by Crippen LogP contribution is 2.34. The number of rotatable bonds is 4. The molecule has 0 fully saturated rings. The third-order valence-electron chi connectivity index (χ3n) is 3.49. The first-order valence-electron chi connectivity index (χ1n) is 6.98. The third kappa shape index (κ3) is 4.71. The van der Waals surface area contributed by atoms with Crippen LogP contribution in [0.15, 0.2) is 30.3 Å². The van der Waals surface area contributed by atoms with Crippen molar-refractivity contribution in [2.75, 3.05) is 0 Å². The largest absolute Gasteiger partial charge is 0.292 e. The lowest BCUT2D eigenvalue weighted by atomic mass is 9.72. The van der Waals surface area contributed by atoms with E-state index in [9.17, 15) is 9.59 Å². The van der Waals surface area contributed by atoms with Crippen LogP contribution in [0, 0.1) is 39.9 Å². The van der Waals surface area contributed by atoms with Crippen molar-refractivity contribution in [1.29, 1.82) is 10.5 Å². The fourth-order valence-electron chi connectivity index (χ4n) is 2.17. The molecule has 5 nitrogen and oxygen atoms in total. The number of imide groups is 1. The first-order chi connectivity index (χ1) is 10.3. The number of amides is 2. The monoisotopic (exact) mass is 297 g/mol. The number of nitrogens with zero attached hydrogens (tertiary/aromatic N) is 2. The smallest absolute Gasteiger partial charge is 0.257 e. The zero-order chi connectivity index (χ0) is 16.8. The summed E-state index contributed by atoms with van der Waals surface area (Å²) < 4.78 is 0. The van der Waals surface area contributed by atoms with Crippen molar-refractivity contribution in [3.63, 3.8) is 0 Å². The second-order valence-electron chi connectivity index (χ2n) is 6.16. The van der Waals surface area contributed by atoms with Crippen molar-refractivity contribution in [2.24, 2.45) is 17.3 Å². The molecule has 22 heavy (non-hydrogen) atoms. The van der Waals surface area contributed by atoms with Gasteiger partial charge in [0.2, 0.25) is 5.91 Å². The van der Waals surface area contributed by atoms with Gasteiger partial charge in [0.1, 0.15) is 5.92 Å². The Balaban J connectivity index is 2.79. The molecule has 2 amide bonds. The summed E-state index contributed by atoms with van der Waals surface area (Å²) in [6.07, 6.45) is -0.0478. The average molecular weight is 297 g/mol. The number of nitrogens with one attached hydrogen (secondary N) is 1. The highest BCUT2D eigenvalue weighted by molar-refractivity contribution is 6.04. The van der Waals surface area contributed by atoms with Crippen LogP contribution in [0.3, 0.4) is 0 Å². The van der Waals surface area contributed by atoms with E-state index in [1.165, 1.54) is 0 Å². The molecule has 1 rings (SSSR count). The summed E-state index contributed by atoms with van der Waals surface area (Å²) in [6, 6.07) is 12.3. The number of benzene rings is 1. The van der Waals surface area contributed by atoms with Gasteiger partial charge in [0.25, 0.3) is 5.91 Å². The van der Waals surface area contributed by atoms with E-state index in [0.29, 0.717) is 5.56 Å². The zero-order valence-electron chi connectivity index (χ0n) is 13.0. The number of hydrogen-bond acceptors (Lipinski definition) is 4. The van der Waals surface area contributed by atoms with E-state index in [0.717, 1.165) is 0 Å². The second kappa shape index (κ2) is 7.38. The van der Waals surface area contributed by atoms with E-state index in [2.05, 4.69) is 5.32 Å². The van der Waals surface area contributed by atoms with Crippen LogP contribution in [-0.2, 0) is 4.79 Å². The summed E-state index contributed by atoms with van der Waals surface area (Å²) >= 11 is 0. The molecule has 114 valence electrons. The van der Waals surface area contributed by atoms with Crippen LogP contribution in [0.5, 0.6) is 0 Å². The van der Waals surface area contributed by atoms with Gasteiger partial charge >= 0.3 is 0 Å². The fraction of sp³-hybridized carbons (Fsp3) is 0.412. The summed E-state index contributed by atoms with van der Waals surface area (Å²) in [5.41, 5.74) is -0.0104. The molecule has 1 aromatic rings. The molecule has 0 aliphatic rings. The molecule has 1 atom stereocenters. The van der Waals surface area contributed by atoms with Gasteiger partial charge in [-0.3, -0.25) is 14.9 Å². The van der Waals surface area contributed by atoms with Gasteiger partial charge in [-0.2, -0.15) is 10.5 Å². The lowest BCUT2D eigenvalue weighted by Crippen LogP contribution is -2.36. The SMILES string of the molecule is CC(C)(C)[C@H](CC(=O)NC(=O)c1ccccc1)C(C#N)C#N. The minimum Gasteiger partial charge on any atom is -0.292 e. The highest BCUT2D eigenvalue weighted by Gasteiger charge is 2.34. The van der Waals surface area contributed by atoms with E-state index in [1.54, 1.807) is 30.3 Å². The molecule has 0 aromatic heterocycles. The Bertz CT molecular complexity index is 604. The number of hydrogen-bond donors (Lipinski definition) is 1. The fourth-order valence-corrected chi connectivity index (χ4v) is 2.17. The van der Waals surface area contributed by atoms with Crippen molar-refractivity contribution in [3.8, 4) is 12.1 Å². The quantitative estimate of drug-likeness (QED) is 0.924. The third-order valence-corrected chi connectivity index (χ3v) is 3.49. The van der Waals surface area contributed by atoms with Gasteiger partial charge in [-0.1, -0.05) is 39.0 Å². The molecule has 0 radical (unpaired) electrons. The second-order valence-corrected chi connectivity index (χ2v) is 6.16. The maximum Gasteiger partial charge on any atom is 0.257 e. The van der Waals surface area contributed by atoms with Gasteiger partial charge < -0.3 is 0 Å². The zero-order valence-corrected chi connectivity index (χ0v) is 13.0. The van der Waals surface area contributed by atoms with Gasteiger partial charge in [0.15, 0.2) is 0 Å². The van der Waals surface area contributed by atoms with Crippen LogP contribution in [0.25, 0.3) is 0 Å². The lowest BCUT2D eigenvalue weighted by Gasteiger charge is -2.30. The maximum absolute atomic E-state index is 12.1. The Morgan fingerprint density at radius 3 is 2.14 bits per heavy atom. The Hall–Kier alpha value is -2.66. The maximum atomic E-state index is 12.1. The standard InChI is InChI=1S/C17H19N3O2/c1-17(2,3)14(13(10-18)11-19)9-15(21)20-16(22)12-7-5-4-6-8-12/h4-8,13-14H,9H2,1-3H3,(H,20,21,22)/t14-/m1/s1. The molecule has 0 bridgehead atoms. The topological polar surface area (TPSA) is 93.8 Å². The average Bonchev–Trinajstić information content (AvgIpc) is 2.47. The van der Waals surface area contributed by atoms with Crippen LogP contribution in [0.4, 0.5) is 0 Å². The Labute approximate surface area is 130 Å². The van der Waals surface area contributed by atoms with Crippen molar-refractivity contribution >= 4 is 11.8 Å². The minimum absolute atomic E-state index is 0.0478. The number of carbonyl (C=O) groups excluding carboxylic acids is 2. The van der Waals surface area contributed by atoms with E-state index in [4.69, 9.17) is 10.5 Å². The number of carbonyl (C=O) groups is 2. The number of nitriles is 2. The van der Waals surface area contributed by atoms with E-state index < -0.39 is 29.1 Å². The van der Waals surface area contributed by atoms with Crippen LogP contribution < -0.4 is 5.32 Å². The van der Waals surface area contributed by atoms with Gasteiger partial charge in [-0.05, 0) is 17.5 Å². The molecule has 0 unspecified atom stereocenters. The van der Waals surface area contributed by atoms with E-state index >= 15 is 0 Å². The lowest BCUT2D eigenvalue weighted by molar-refractivity contribution is -0.122. The molecule has 0 saturated carbocycles. The highest BCUT2D eigenvalue weighted by atomic mass is 16.2. The first-order valence-corrected chi connectivity index (χ1v) is 6.98. The van der Waals surface area contributed by atoms with Gasteiger partial charge in [-0.15, -0.1) is 0 Å². The van der Waals surface area contributed by atoms with Crippen LogP contribution in [0.1, 0.15) is 37.6 Å². The molecule has 5 heteroatoms. The summed E-state index contributed by atoms with van der Waals surface area (Å²) in [4.78, 5) is 24.0. The van der Waals surface area contributed by atoms with Crippen LogP contribution >= 0.6 is 0 Å². The molecular formula is C17H19N3O2. The predicted octanol–water partition coefficient (Wildman–Crippen LogP) is 2.66. The molecule has 0 saturated heterocycles. The van der Waals surface area contributed by atoms with Crippen LogP contribution in [0.2, 0.25) is 0 Å². The Kier molecular flexibility index (Phi) is 5.83. The Morgan fingerprint density at radius 1 is 1.14 bits per heavy atom. The molecule has 0 heterocycles. The first kappa shape index (κ1) is 17.4. The van der Waals surface area contributed by atoms with Crippen molar-refractivity contribution < 1.29 is 9.59 Å².